The second kappa shape index (κ2) is 8.65. The van der Waals surface area contributed by atoms with Gasteiger partial charge in [-0.25, -0.2) is 4.98 Å². The number of hydrogen-bond acceptors (Lipinski definition) is 5. The smallest absolute Gasteiger partial charge is 0.256 e. The number of anilines is 1. The number of thioether (sulfide) groups is 1. The molecule has 1 aromatic heterocycles. The lowest BCUT2D eigenvalue weighted by atomic mass is 10.1. The summed E-state index contributed by atoms with van der Waals surface area (Å²) in [5.74, 6) is 0.591. The largest absolute Gasteiger partial charge is 0.322 e. The second-order valence-electron chi connectivity index (χ2n) is 5.63. The van der Waals surface area contributed by atoms with Crippen molar-refractivity contribution < 1.29 is 4.79 Å². The van der Waals surface area contributed by atoms with Crippen LogP contribution in [-0.4, -0.2) is 10.9 Å². The highest BCUT2D eigenvalue weighted by atomic mass is 32.2. The van der Waals surface area contributed by atoms with Crippen molar-refractivity contribution in [3.8, 4) is 6.07 Å². The van der Waals surface area contributed by atoms with Crippen molar-refractivity contribution in [2.45, 2.75) is 24.0 Å². The Balaban J connectivity index is 1.69. The highest BCUT2D eigenvalue weighted by Gasteiger charge is 2.12. The molecule has 0 spiro atoms. The normalized spacial score (nSPS) is 10.3. The van der Waals surface area contributed by atoms with Crippen LogP contribution in [0.4, 0.5) is 5.69 Å². The minimum Gasteiger partial charge on any atom is -0.322 e. The van der Waals surface area contributed by atoms with Crippen LogP contribution in [0.5, 0.6) is 0 Å². The molecule has 0 bridgehead atoms. The number of amides is 1. The Hall–Kier alpha value is -2.62. The van der Waals surface area contributed by atoms with E-state index in [-0.39, 0.29) is 5.91 Å². The molecule has 3 rings (SSSR count). The molecule has 0 atom stereocenters. The van der Waals surface area contributed by atoms with E-state index < -0.39 is 0 Å². The molecule has 6 heteroatoms. The molecule has 0 unspecified atom stereocenters. The molecule has 130 valence electrons. The van der Waals surface area contributed by atoms with E-state index in [1.807, 2.05) is 60.8 Å². The van der Waals surface area contributed by atoms with Crippen molar-refractivity contribution in [3.05, 3.63) is 75.7 Å². The minimum absolute atomic E-state index is 0.143. The molecule has 0 radical (unpaired) electrons. The van der Waals surface area contributed by atoms with E-state index in [0.29, 0.717) is 17.7 Å². The van der Waals surface area contributed by atoms with Crippen LogP contribution >= 0.6 is 23.1 Å². The van der Waals surface area contributed by atoms with Crippen LogP contribution in [0, 0.1) is 18.3 Å². The van der Waals surface area contributed by atoms with E-state index in [9.17, 15) is 4.79 Å². The first-order valence-corrected chi connectivity index (χ1v) is 9.92. The Kier molecular flexibility index (Phi) is 6.05. The number of carbonyl (C=O) groups is 1. The summed E-state index contributed by atoms with van der Waals surface area (Å²) in [5, 5.41) is 14.7. The summed E-state index contributed by atoms with van der Waals surface area (Å²) in [4.78, 5) is 18.1. The fourth-order valence-electron chi connectivity index (χ4n) is 2.40. The highest BCUT2D eigenvalue weighted by molar-refractivity contribution is 7.98. The first-order valence-electron chi connectivity index (χ1n) is 8.06. The first-order chi connectivity index (χ1) is 12.7. The number of rotatable bonds is 6. The zero-order valence-electron chi connectivity index (χ0n) is 14.2. The third kappa shape index (κ3) is 4.72. The topological polar surface area (TPSA) is 65.8 Å². The Bertz CT molecular complexity index is 942. The lowest BCUT2D eigenvalue weighted by molar-refractivity contribution is 0.102. The second-order valence-corrected chi connectivity index (χ2v) is 7.71. The zero-order chi connectivity index (χ0) is 18.4. The van der Waals surface area contributed by atoms with Crippen LogP contribution in [0.25, 0.3) is 0 Å². The molecule has 2 aromatic carbocycles. The molecule has 0 aliphatic heterocycles. The molecule has 0 aliphatic carbocycles. The Morgan fingerprint density at radius 3 is 2.69 bits per heavy atom. The van der Waals surface area contributed by atoms with Gasteiger partial charge in [-0.1, -0.05) is 24.3 Å². The van der Waals surface area contributed by atoms with Gasteiger partial charge in [0.1, 0.15) is 0 Å². The Labute approximate surface area is 160 Å². The van der Waals surface area contributed by atoms with Gasteiger partial charge in [0.2, 0.25) is 0 Å². The van der Waals surface area contributed by atoms with Crippen molar-refractivity contribution in [1.82, 2.24) is 4.98 Å². The first kappa shape index (κ1) is 18.2. The molecule has 0 saturated carbocycles. The van der Waals surface area contributed by atoms with Gasteiger partial charge >= 0.3 is 0 Å². The van der Waals surface area contributed by atoms with E-state index in [4.69, 9.17) is 5.26 Å². The van der Waals surface area contributed by atoms with Crippen molar-refractivity contribution in [1.29, 1.82) is 5.26 Å². The molecule has 1 amide bonds. The van der Waals surface area contributed by atoms with Crippen molar-refractivity contribution in [3.63, 3.8) is 0 Å². The lowest BCUT2D eigenvalue weighted by Crippen LogP contribution is -2.13. The SMILES string of the molecule is Cc1nc(CSc2ccccc2C(=O)Nc2ccc(CC#N)cc2)cs1. The van der Waals surface area contributed by atoms with E-state index >= 15 is 0 Å². The van der Waals surface area contributed by atoms with Gasteiger partial charge in [-0.05, 0) is 36.8 Å². The van der Waals surface area contributed by atoms with Gasteiger partial charge < -0.3 is 5.32 Å². The van der Waals surface area contributed by atoms with E-state index in [1.54, 1.807) is 23.1 Å². The van der Waals surface area contributed by atoms with Gasteiger partial charge in [-0.15, -0.1) is 23.1 Å². The average molecular weight is 380 g/mol. The maximum Gasteiger partial charge on any atom is 0.256 e. The molecule has 0 aliphatic rings. The number of nitrogens with zero attached hydrogens (tertiary/aromatic N) is 2. The van der Waals surface area contributed by atoms with Crippen LogP contribution in [0.2, 0.25) is 0 Å². The fraction of sp³-hybridized carbons (Fsp3) is 0.150. The number of hydrogen-bond donors (Lipinski definition) is 1. The summed E-state index contributed by atoms with van der Waals surface area (Å²) in [6.45, 7) is 1.99. The minimum atomic E-state index is -0.143. The van der Waals surface area contributed by atoms with Gasteiger partial charge in [-0.3, -0.25) is 4.79 Å². The molecule has 4 nitrogen and oxygen atoms in total. The predicted octanol–water partition coefficient (Wildman–Crippen LogP) is 5.06. The van der Waals surface area contributed by atoms with Crippen molar-refractivity contribution in [2.75, 3.05) is 5.32 Å². The molecular formula is C20H17N3OS2. The van der Waals surface area contributed by atoms with Crippen LogP contribution in [-0.2, 0) is 12.2 Å². The summed E-state index contributed by atoms with van der Waals surface area (Å²) >= 11 is 3.24. The van der Waals surface area contributed by atoms with E-state index in [1.165, 1.54) is 0 Å². The monoisotopic (exact) mass is 379 g/mol. The number of nitrogens with one attached hydrogen (secondary N) is 1. The number of carbonyl (C=O) groups excluding carboxylic acids is 1. The third-order valence-electron chi connectivity index (χ3n) is 3.67. The molecular weight excluding hydrogens is 362 g/mol. The maximum atomic E-state index is 12.7. The number of aromatic nitrogens is 1. The Morgan fingerprint density at radius 1 is 1.23 bits per heavy atom. The fourth-order valence-corrected chi connectivity index (χ4v) is 4.06. The summed E-state index contributed by atoms with van der Waals surface area (Å²) in [7, 11) is 0. The average Bonchev–Trinajstić information content (AvgIpc) is 3.07. The van der Waals surface area contributed by atoms with Crippen molar-refractivity contribution >= 4 is 34.7 Å². The molecule has 3 aromatic rings. The number of benzene rings is 2. The third-order valence-corrected chi connectivity index (χ3v) is 5.60. The van der Waals surface area contributed by atoms with Crippen LogP contribution < -0.4 is 5.32 Å². The lowest BCUT2D eigenvalue weighted by Gasteiger charge is -2.10. The van der Waals surface area contributed by atoms with Crippen LogP contribution in [0.1, 0.15) is 26.6 Å². The summed E-state index contributed by atoms with van der Waals surface area (Å²) in [6, 6.07) is 17.0. The standard InChI is InChI=1S/C20H17N3OS2/c1-14-22-17(12-25-14)13-26-19-5-3-2-4-18(19)20(24)23-16-8-6-15(7-9-16)10-11-21/h2-9,12H,10,13H2,1H3,(H,23,24). The van der Waals surface area contributed by atoms with Gasteiger partial charge in [0, 0.05) is 21.7 Å². The van der Waals surface area contributed by atoms with E-state index in [0.717, 1.165) is 26.9 Å². The molecule has 0 fully saturated rings. The number of thiazole rings is 1. The molecule has 1 heterocycles. The molecule has 26 heavy (non-hydrogen) atoms. The predicted molar refractivity (Wildman–Crippen MR) is 107 cm³/mol. The van der Waals surface area contributed by atoms with Crippen LogP contribution in [0.3, 0.4) is 0 Å². The molecule has 1 N–H and O–H groups in total. The maximum absolute atomic E-state index is 12.7. The number of nitriles is 1. The van der Waals surface area contributed by atoms with Gasteiger partial charge in [0.05, 0.1) is 28.8 Å². The van der Waals surface area contributed by atoms with Crippen LogP contribution in [0.15, 0.2) is 58.8 Å². The Morgan fingerprint density at radius 2 is 2.00 bits per heavy atom. The van der Waals surface area contributed by atoms with E-state index in [2.05, 4.69) is 16.4 Å². The summed E-state index contributed by atoms with van der Waals surface area (Å²) in [6.07, 6.45) is 0.365. The van der Waals surface area contributed by atoms with Gasteiger partial charge in [0.25, 0.3) is 5.91 Å². The number of aryl methyl sites for hydroxylation is 1. The van der Waals surface area contributed by atoms with Crippen molar-refractivity contribution in [2.24, 2.45) is 0 Å². The summed E-state index contributed by atoms with van der Waals surface area (Å²) < 4.78 is 0. The molecule has 0 saturated heterocycles. The highest BCUT2D eigenvalue weighted by Crippen LogP contribution is 2.27. The quantitative estimate of drug-likeness (QED) is 0.608. The summed E-state index contributed by atoms with van der Waals surface area (Å²) in [5.41, 5.74) is 3.32. The van der Waals surface area contributed by atoms with Gasteiger partial charge in [0.15, 0.2) is 0 Å². The zero-order valence-corrected chi connectivity index (χ0v) is 15.9. The van der Waals surface area contributed by atoms with Gasteiger partial charge in [-0.2, -0.15) is 5.26 Å².